The number of hydrogen-bond acceptors (Lipinski definition) is 3. The lowest BCUT2D eigenvalue weighted by molar-refractivity contribution is -0.129. The summed E-state index contributed by atoms with van der Waals surface area (Å²) in [5, 5.41) is 9.64. The molecule has 1 aromatic carbocycles. The van der Waals surface area contributed by atoms with Crippen molar-refractivity contribution in [3.63, 3.8) is 0 Å². The summed E-state index contributed by atoms with van der Waals surface area (Å²) in [5.74, 6) is 0.708. The molecule has 2 rings (SSSR count). The van der Waals surface area contributed by atoms with Gasteiger partial charge in [0.25, 0.3) is 0 Å². The molecule has 16 heavy (non-hydrogen) atoms. The fraction of sp³-hybridized carbons (Fsp3) is 0.417. The first-order valence-electron chi connectivity index (χ1n) is 5.26. The zero-order valence-corrected chi connectivity index (χ0v) is 9.49. The van der Waals surface area contributed by atoms with E-state index in [4.69, 9.17) is 4.74 Å². The Bertz CT molecular complexity index is 429. The van der Waals surface area contributed by atoms with Crippen molar-refractivity contribution in [3.8, 4) is 11.5 Å². The second kappa shape index (κ2) is 4.04. The number of amides is 1. The molecule has 0 bridgehead atoms. The minimum Gasteiger partial charge on any atom is -0.504 e. The summed E-state index contributed by atoms with van der Waals surface area (Å²) in [4.78, 5) is 13.1. The molecule has 0 unspecified atom stereocenters. The molecular weight excluding hydrogens is 206 g/mol. The molecule has 1 aliphatic rings. The average Bonchev–Trinajstić information content (AvgIpc) is 2.27. The summed E-state index contributed by atoms with van der Waals surface area (Å²) in [6.45, 7) is 2.89. The molecule has 4 nitrogen and oxygen atoms in total. The number of methoxy groups -OCH3 is 1. The molecule has 0 aromatic heterocycles. The Balaban J connectivity index is 2.34. The van der Waals surface area contributed by atoms with Crippen LogP contribution in [0.4, 0.5) is 0 Å². The lowest BCUT2D eigenvalue weighted by atomic mass is 9.99. The maximum absolute atomic E-state index is 11.3. The first-order chi connectivity index (χ1) is 7.61. The SMILES string of the molecule is COc1cc2c(cc1O)CCN(C(C)=O)C2. The maximum atomic E-state index is 11.3. The highest BCUT2D eigenvalue weighted by atomic mass is 16.5. The zero-order chi connectivity index (χ0) is 11.7. The van der Waals surface area contributed by atoms with E-state index in [9.17, 15) is 9.90 Å². The molecule has 1 aromatic rings. The van der Waals surface area contributed by atoms with Crippen LogP contribution < -0.4 is 4.74 Å². The van der Waals surface area contributed by atoms with E-state index in [1.807, 2.05) is 0 Å². The molecule has 0 atom stereocenters. The van der Waals surface area contributed by atoms with Gasteiger partial charge in [-0.2, -0.15) is 0 Å². The standard InChI is InChI=1S/C12H15NO3/c1-8(14)13-4-3-9-5-11(15)12(16-2)6-10(9)7-13/h5-6,15H,3-4,7H2,1-2H3. The lowest BCUT2D eigenvalue weighted by Gasteiger charge is -2.28. The monoisotopic (exact) mass is 221 g/mol. The van der Waals surface area contributed by atoms with Gasteiger partial charge in [0.1, 0.15) is 0 Å². The largest absolute Gasteiger partial charge is 0.504 e. The van der Waals surface area contributed by atoms with Crippen molar-refractivity contribution in [3.05, 3.63) is 23.3 Å². The molecule has 0 saturated carbocycles. The number of phenolic OH excluding ortho intramolecular Hbond substituents is 1. The summed E-state index contributed by atoms with van der Waals surface area (Å²) < 4.78 is 5.05. The third kappa shape index (κ3) is 1.83. The number of fused-ring (bicyclic) bond motifs is 1. The van der Waals surface area contributed by atoms with Crippen LogP contribution in [0, 0.1) is 0 Å². The Hall–Kier alpha value is -1.71. The highest BCUT2D eigenvalue weighted by Gasteiger charge is 2.20. The first-order valence-corrected chi connectivity index (χ1v) is 5.26. The molecular formula is C12H15NO3. The maximum Gasteiger partial charge on any atom is 0.219 e. The normalized spacial score (nSPS) is 14.5. The van der Waals surface area contributed by atoms with Crippen molar-refractivity contribution < 1.29 is 14.6 Å². The van der Waals surface area contributed by atoms with Gasteiger partial charge in [0.05, 0.1) is 7.11 Å². The Morgan fingerprint density at radius 1 is 1.44 bits per heavy atom. The molecule has 0 fully saturated rings. The number of ether oxygens (including phenoxy) is 1. The molecule has 1 amide bonds. The zero-order valence-electron chi connectivity index (χ0n) is 9.49. The summed E-state index contributed by atoms with van der Waals surface area (Å²) >= 11 is 0. The van der Waals surface area contributed by atoms with Gasteiger partial charge in [0.2, 0.25) is 5.91 Å². The summed E-state index contributed by atoms with van der Waals surface area (Å²) in [5.41, 5.74) is 2.15. The van der Waals surface area contributed by atoms with E-state index in [1.54, 1.807) is 24.0 Å². The van der Waals surface area contributed by atoms with Crippen LogP contribution in [0.15, 0.2) is 12.1 Å². The minimum atomic E-state index is 0.0812. The van der Waals surface area contributed by atoms with E-state index < -0.39 is 0 Å². The van der Waals surface area contributed by atoms with E-state index in [0.717, 1.165) is 17.5 Å². The topological polar surface area (TPSA) is 49.8 Å². The van der Waals surface area contributed by atoms with Crippen molar-refractivity contribution in [2.24, 2.45) is 0 Å². The number of aromatic hydroxyl groups is 1. The van der Waals surface area contributed by atoms with Crippen LogP contribution in [0.3, 0.4) is 0 Å². The highest BCUT2D eigenvalue weighted by molar-refractivity contribution is 5.73. The summed E-state index contributed by atoms with van der Waals surface area (Å²) in [7, 11) is 1.52. The van der Waals surface area contributed by atoms with Gasteiger partial charge in [-0.15, -0.1) is 0 Å². The molecule has 1 N–H and O–H groups in total. The molecule has 4 heteroatoms. The highest BCUT2D eigenvalue weighted by Crippen LogP contribution is 2.32. The predicted molar refractivity (Wildman–Crippen MR) is 59.5 cm³/mol. The Morgan fingerprint density at radius 2 is 2.19 bits per heavy atom. The van der Waals surface area contributed by atoms with E-state index in [1.165, 1.54) is 7.11 Å². The van der Waals surface area contributed by atoms with E-state index in [0.29, 0.717) is 18.8 Å². The van der Waals surface area contributed by atoms with Gasteiger partial charge in [-0.05, 0) is 29.7 Å². The van der Waals surface area contributed by atoms with E-state index in [-0.39, 0.29) is 11.7 Å². The van der Waals surface area contributed by atoms with Gasteiger partial charge >= 0.3 is 0 Å². The quantitative estimate of drug-likeness (QED) is 0.777. The number of hydrogen-bond donors (Lipinski definition) is 1. The Labute approximate surface area is 94.4 Å². The number of carbonyl (C=O) groups is 1. The second-order valence-corrected chi connectivity index (χ2v) is 3.98. The van der Waals surface area contributed by atoms with Gasteiger partial charge in [0, 0.05) is 20.0 Å². The van der Waals surface area contributed by atoms with Crippen LogP contribution in [-0.2, 0) is 17.8 Å². The smallest absolute Gasteiger partial charge is 0.219 e. The number of nitrogens with zero attached hydrogens (tertiary/aromatic N) is 1. The average molecular weight is 221 g/mol. The number of rotatable bonds is 1. The van der Waals surface area contributed by atoms with Crippen LogP contribution in [0.2, 0.25) is 0 Å². The predicted octanol–water partition coefficient (Wildman–Crippen LogP) is 1.31. The number of carbonyl (C=O) groups excluding carboxylic acids is 1. The Morgan fingerprint density at radius 3 is 2.81 bits per heavy atom. The van der Waals surface area contributed by atoms with Gasteiger partial charge in [-0.25, -0.2) is 0 Å². The van der Waals surface area contributed by atoms with Gasteiger partial charge in [0.15, 0.2) is 11.5 Å². The minimum absolute atomic E-state index is 0.0812. The van der Waals surface area contributed by atoms with Crippen molar-refractivity contribution in [2.75, 3.05) is 13.7 Å². The van der Waals surface area contributed by atoms with Crippen molar-refractivity contribution in [1.29, 1.82) is 0 Å². The molecule has 0 spiro atoms. The van der Waals surface area contributed by atoms with Gasteiger partial charge in [-0.3, -0.25) is 4.79 Å². The van der Waals surface area contributed by atoms with Crippen LogP contribution in [-0.4, -0.2) is 29.6 Å². The summed E-state index contributed by atoms with van der Waals surface area (Å²) in [6.07, 6.45) is 0.784. The molecule has 1 heterocycles. The fourth-order valence-electron chi connectivity index (χ4n) is 2.01. The summed E-state index contributed by atoms with van der Waals surface area (Å²) in [6, 6.07) is 3.53. The second-order valence-electron chi connectivity index (χ2n) is 3.98. The van der Waals surface area contributed by atoms with Gasteiger partial charge in [-0.1, -0.05) is 0 Å². The van der Waals surface area contributed by atoms with Crippen LogP contribution in [0.5, 0.6) is 11.5 Å². The molecule has 1 aliphatic heterocycles. The van der Waals surface area contributed by atoms with Crippen molar-refractivity contribution >= 4 is 5.91 Å². The lowest BCUT2D eigenvalue weighted by Crippen LogP contribution is -2.34. The fourth-order valence-corrected chi connectivity index (χ4v) is 2.01. The van der Waals surface area contributed by atoms with Crippen LogP contribution >= 0.6 is 0 Å². The van der Waals surface area contributed by atoms with Crippen LogP contribution in [0.1, 0.15) is 18.1 Å². The molecule has 0 radical (unpaired) electrons. The molecule has 0 aliphatic carbocycles. The third-order valence-electron chi connectivity index (χ3n) is 2.96. The third-order valence-corrected chi connectivity index (χ3v) is 2.96. The van der Waals surface area contributed by atoms with E-state index >= 15 is 0 Å². The van der Waals surface area contributed by atoms with E-state index in [2.05, 4.69) is 0 Å². The first kappa shape index (κ1) is 10.8. The number of benzene rings is 1. The molecule has 0 saturated heterocycles. The number of phenols is 1. The van der Waals surface area contributed by atoms with Crippen molar-refractivity contribution in [1.82, 2.24) is 4.90 Å². The Kier molecular flexibility index (Phi) is 2.73. The van der Waals surface area contributed by atoms with Crippen LogP contribution in [0.25, 0.3) is 0 Å². The molecule has 86 valence electrons. The van der Waals surface area contributed by atoms with Crippen molar-refractivity contribution in [2.45, 2.75) is 19.9 Å². The van der Waals surface area contributed by atoms with Gasteiger partial charge < -0.3 is 14.7 Å².